The lowest BCUT2D eigenvalue weighted by Crippen LogP contribution is -2.42. The quantitative estimate of drug-likeness (QED) is 0.867. The Morgan fingerprint density at radius 3 is 2.38 bits per heavy atom. The molecule has 2 rings (SSSR count). The number of hydrogen-bond acceptors (Lipinski definition) is 3. The van der Waals surface area contributed by atoms with Gasteiger partial charge in [-0.3, -0.25) is 9.59 Å². The Bertz CT molecular complexity index is 566. The summed E-state index contributed by atoms with van der Waals surface area (Å²) >= 11 is 0. The van der Waals surface area contributed by atoms with E-state index in [4.69, 9.17) is 0 Å². The zero-order valence-corrected chi connectivity index (χ0v) is 14.2. The highest BCUT2D eigenvalue weighted by atomic mass is 19.1. The number of hydrogen-bond donors (Lipinski definition) is 2. The van der Waals surface area contributed by atoms with E-state index in [1.807, 2.05) is 13.8 Å². The molecule has 0 radical (unpaired) electrons. The van der Waals surface area contributed by atoms with E-state index in [-0.39, 0.29) is 35.9 Å². The summed E-state index contributed by atoms with van der Waals surface area (Å²) in [5.41, 5.74) is 0.569. The van der Waals surface area contributed by atoms with Gasteiger partial charge in [0.2, 0.25) is 11.8 Å². The van der Waals surface area contributed by atoms with Crippen molar-refractivity contribution in [3.63, 3.8) is 0 Å². The lowest BCUT2D eigenvalue weighted by molar-refractivity contribution is -0.136. The lowest BCUT2D eigenvalue weighted by Gasteiger charge is -2.32. The number of aliphatic hydroxyl groups excluding tert-OH is 1. The summed E-state index contributed by atoms with van der Waals surface area (Å²) in [6.07, 6.45) is 0.689. The SMILES string of the molecule is CC(C)C(O)CC(=O)N1CCC(C(=O)Nc2ccc(F)cc2)CC1. The van der Waals surface area contributed by atoms with Gasteiger partial charge in [-0.05, 0) is 43.0 Å². The summed E-state index contributed by atoms with van der Waals surface area (Å²) in [6.45, 7) is 4.80. The Balaban J connectivity index is 1.80. The minimum Gasteiger partial charge on any atom is -0.392 e. The number of benzene rings is 1. The highest BCUT2D eigenvalue weighted by Crippen LogP contribution is 2.21. The molecule has 2 amide bonds. The smallest absolute Gasteiger partial charge is 0.227 e. The number of halogens is 1. The summed E-state index contributed by atoms with van der Waals surface area (Å²) in [6, 6.07) is 5.66. The second-order valence-electron chi connectivity index (χ2n) is 6.67. The average molecular weight is 336 g/mol. The molecule has 1 aliphatic rings. The Morgan fingerprint density at radius 1 is 1.25 bits per heavy atom. The predicted molar refractivity (Wildman–Crippen MR) is 89.8 cm³/mol. The fourth-order valence-corrected chi connectivity index (χ4v) is 2.71. The van der Waals surface area contributed by atoms with Crippen molar-refractivity contribution in [1.82, 2.24) is 4.90 Å². The van der Waals surface area contributed by atoms with Gasteiger partial charge in [0, 0.05) is 24.7 Å². The van der Waals surface area contributed by atoms with Crippen molar-refractivity contribution in [2.24, 2.45) is 11.8 Å². The third kappa shape index (κ3) is 5.03. The van der Waals surface area contributed by atoms with E-state index in [1.54, 1.807) is 4.90 Å². The number of carbonyl (C=O) groups excluding carboxylic acids is 2. The molecule has 1 aromatic rings. The first-order chi connectivity index (χ1) is 11.4. The van der Waals surface area contributed by atoms with Crippen LogP contribution in [0.5, 0.6) is 0 Å². The number of amides is 2. The van der Waals surface area contributed by atoms with Crippen LogP contribution in [0.4, 0.5) is 10.1 Å². The largest absolute Gasteiger partial charge is 0.392 e. The van der Waals surface area contributed by atoms with Crippen LogP contribution < -0.4 is 5.32 Å². The highest BCUT2D eigenvalue weighted by Gasteiger charge is 2.28. The van der Waals surface area contributed by atoms with Crippen LogP contribution in [-0.2, 0) is 9.59 Å². The molecule has 2 N–H and O–H groups in total. The van der Waals surface area contributed by atoms with Gasteiger partial charge in [-0.25, -0.2) is 4.39 Å². The molecule has 1 unspecified atom stereocenters. The maximum Gasteiger partial charge on any atom is 0.227 e. The number of nitrogens with one attached hydrogen (secondary N) is 1. The number of rotatable bonds is 5. The second-order valence-corrected chi connectivity index (χ2v) is 6.67. The van der Waals surface area contributed by atoms with Crippen molar-refractivity contribution in [2.75, 3.05) is 18.4 Å². The Hall–Kier alpha value is -1.95. The molecule has 132 valence electrons. The van der Waals surface area contributed by atoms with Crippen molar-refractivity contribution in [2.45, 2.75) is 39.2 Å². The fourth-order valence-electron chi connectivity index (χ4n) is 2.71. The van der Waals surface area contributed by atoms with Gasteiger partial charge in [-0.15, -0.1) is 0 Å². The lowest BCUT2D eigenvalue weighted by atomic mass is 9.95. The van der Waals surface area contributed by atoms with Crippen LogP contribution in [0.1, 0.15) is 33.1 Å². The van der Waals surface area contributed by atoms with E-state index in [0.717, 1.165) is 0 Å². The highest BCUT2D eigenvalue weighted by molar-refractivity contribution is 5.92. The standard InChI is InChI=1S/C18H25FN2O3/c1-12(2)16(22)11-17(23)21-9-7-13(8-10-21)18(24)20-15-5-3-14(19)4-6-15/h3-6,12-13,16,22H,7-11H2,1-2H3,(H,20,24). The van der Waals surface area contributed by atoms with Crippen molar-refractivity contribution < 1.29 is 19.1 Å². The summed E-state index contributed by atoms with van der Waals surface area (Å²) in [5.74, 6) is -0.616. The van der Waals surface area contributed by atoms with E-state index in [0.29, 0.717) is 31.6 Å². The van der Waals surface area contributed by atoms with Crippen LogP contribution in [0.15, 0.2) is 24.3 Å². The van der Waals surface area contributed by atoms with E-state index in [9.17, 15) is 19.1 Å². The average Bonchev–Trinajstić information content (AvgIpc) is 2.56. The van der Waals surface area contributed by atoms with Crippen LogP contribution in [0.25, 0.3) is 0 Å². The van der Waals surface area contributed by atoms with Crippen LogP contribution in [0.3, 0.4) is 0 Å². The number of aliphatic hydroxyl groups is 1. The van der Waals surface area contributed by atoms with Crippen molar-refractivity contribution in [3.05, 3.63) is 30.1 Å². The van der Waals surface area contributed by atoms with Gasteiger partial charge in [0.1, 0.15) is 5.82 Å². The maximum atomic E-state index is 12.9. The number of anilines is 1. The van der Waals surface area contributed by atoms with Gasteiger partial charge in [0.15, 0.2) is 0 Å². The third-order valence-electron chi connectivity index (χ3n) is 4.48. The Morgan fingerprint density at radius 2 is 1.83 bits per heavy atom. The van der Waals surface area contributed by atoms with Gasteiger partial charge in [-0.1, -0.05) is 13.8 Å². The molecule has 24 heavy (non-hydrogen) atoms. The first-order valence-electron chi connectivity index (χ1n) is 8.39. The van der Waals surface area contributed by atoms with Gasteiger partial charge in [0.25, 0.3) is 0 Å². The zero-order chi connectivity index (χ0) is 17.7. The molecule has 0 bridgehead atoms. The minimum atomic E-state index is -0.628. The molecule has 6 heteroatoms. The van der Waals surface area contributed by atoms with Crippen LogP contribution >= 0.6 is 0 Å². The van der Waals surface area contributed by atoms with E-state index in [2.05, 4.69) is 5.32 Å². The summed E-state index contributed by atoms with van der Waals surface area (Å²) < 4.78 is 12.9. The molecule has 1 heterocycles. The molecular formula is C18H25FN2O3. The Labute approximate surface area is 141 Å². The number of nitrogens with zero attached hydrogens (tertiary/aromatic N) is 1. The topological polar surface area (TPSA) is 69.6 Å². The van der Waals surface area contributed by atoms with E-state index in [1.165, 1.54) is 24.3 Å². The summed E-state index contributed by atoms with van der Waals surface area (Å²) in [4.78, 5) is 26.1. The predicted octanol–water partition coefficient (Wildman–Crippen LogP) is 2.41. The molecule has 1 saturated heterocycles. The Kier molecular flexibility index (Phi) is 6.31. The van der Waals surface area contributed by atoms with Crippen LogP contribution in [-0.4, -0.2) is 41.0 Å². The number of likely N-dealkylation sites (tertiary alicyclic amines) is 1. The fraction of sp³-hybridized carbons (Fsp3) is 0.556. The minimum absolute atomic E-state index is 0.0491. The first-order valence-corrected chi connectivity index (χ1v) is 8.39. The van der Waals surface area contributed by atoms with E-state index >= 15 is 0 Å². The molecule has 0 spiro atoms. The molecule has 0 aliphatic carbocycles. The molecule has 1 aromatic carbocycles. The van der Waals surface area contributed by atoms with Crippen molar-refractivity contribution in [3.8, 4) is 0 Å². The van der Waals surface area contributed by atoms with Crippen molar-refractivity contribution >= 4 is 17.5 Å². The molecule has 1 fully saturated rings. The number of carbonyl (C=O) groups is 2. The normalized spacial score (nSPS) is 17.0. The van der Waals surface area contributed by atoms with Crippen LogP contribution in [0.2, 0.25) is 0 Å². The first kappa shape index (κ1) is 18.4. The van der Waals surface area contributed by atoms with Crippen molar-refractivity contribution in [1.29, 1.82) is 0 Å². The molecule has 0 saturated carbocycles. The molecule has 1 aliphatic heterocycles. The summed E-state index contributed by atoms with van der Waals surface area (Å²) in [5, 5.41) is 12.6. The van der Waals surface area contributed by atoms with E-state index < -0.39 is 6.10 Å². The molecule has 1 atom stereocenters. The van der Waals surface area contributed by atoms with Gasteiger partial charge in [-0.2, -0.15) is 0 Å². The molecule has 5 nitrogen and oxygen atoms in total. The molecule has 0 aromatic heterocycles. The third-order valence-corrected chi connectivity index (χ3v) is 4.48. The maximum absolute atomic E-state index is 12.9. The molecular weight excluding hydrogens is 311 g/mol. The second kappa shape index (κ2) is 8.24. The zero-order valence-electron chi connectivity index (χ0n) is 14.2. The van der Waals surface area contributed by atoms with Gasteiger partial charge >= 0.3 is 0 Å². The van der Waals surface area contributed by atoms with Crippen LogP contribution in [0, 0.1) is 17.7 Å². The van der Waals surface area contributed by atoms with Gasteiger partial charge < -0.3 is 15.3 Å². The summed E-state index contributed by atoms with van der Waals surface area (Å²) in [7, 11) is 0. The number of piperidine rings is 1. The monoisotopic (exact) mass is 336 g/mol. The van der Waals surface area contributed by atoms with Gasteiger partial charge in [0.05, 0.1) is 12.5 Å².